The standard InChI is InChI=1S/C8H9FN2O2S2/c1-15(12,13)7-3-2-5(4-6(7)9)11-8(10)14/h2-4H,1H3,(H3,10,11,14). The number of benzene rings is 1. The first-order valence-electron chi connectivity index (χ1n) is 3.87. The van der Waals surface area contributed by atoms with Crippen molar-refractivity contribution < 1.29 is 12.8 Å². The lowest BCUT2D eigenvalue weighted by atomic mass is 10.3. The smallest absolute Gasteiger partial charge is 0.178 e. The van der Waals surface area contributed by atoms with E-state index in [1.54, 1.807) is 0 Å². The average molecular weight is 248 g/mol. The third kappa shape index (κ3) is 3.14. The molecular formula is C8H9FN2O2S2. The number of sulfone groups is 1. The molecule has 0 bridgehead atoms. The Kier molecular flexibility index (Phi) is 3.25. The Morgan fingerprint density at radius 3 is 2.53 bits per heavy atom. The van der Waals surface area contributed by atoms with E-state index in [-0.39, 0.29) is 10.0 Å². The molecule has 15 heavy (non-hydrogen) atoms. The van der Waals surface area contributed by atoms with Crippen LogP contribution in [0.4, 0.5) is 10.1 Å². The van der Waals surface area contributed by atoms with Crippen LogP contribution in [0.5, 0.6) is 0 Å². The highest BCUT2D eigenvalue weighted by Gasteiger charge is 2.13. The molecule has 0 aliphatic carbocycles. The van der Waals surface area contributed by atoms with Crippen LogP contribution < -0.4 is 11.1 Å². The first kappa shape index (κ1) is 11.9. The van der Waals surface area contributed by atoms with Crippen LogP contribution in [-0.2, 0) is 9.84 Å². The second-order valence-electron chi connectivity index (χ2n) is 2.91. The van der Waals surface area contributed by atoms with Crippen molar-refractivity contribution in [3.8, 4) is 0 Å². The van der Waals surface area contributed by atoms with Crippen molar-refractivity contribution in [3.63, 3.8) is 0 Å². The van der Waals surface area contributed by atoms with Crippen LogP contribution in [0.3, 0.4) is 0 Å². The molecule has 7 heteroatoms. The van der Waals surface area contributed by atoms with Gasteiger partial charge in [0.05, 0.1) is 0 Å². The van der Waals surface area contributed by atoms with E-state index >= 15 is 0 Å². The van der Waals surface area contributed by atoms with Gasteiger partial charge in [-0.2, -0.15) is 0 Å². The number of halogens is 1. The Morgan fingerprint density at radius 1 is 1.53 bits per heavy atom. The summed E-state index contributed by atoms with van der Waals surface area (Å²) in [6.07, 6.45) is 0.937. The summed E-state index contributed by atoms with van der Waals surface area (Å²) >= 11 is 4.55. The number of nitrogens with two attached hydrogens (primary N) is 1. The Morgan fingerprint density at radius 2 is 2.13 bits per heavy atom. The van der Waals surface area contributed by atoms with Gasteiger partial charge in [-0.15, -0.1) is 0 Å². The largest absolute Gasteiger partial charge is 0.376 e. The number of anilines is 1. The van der Waals surface area contributed by atoms with Gasteiger partial charge >= 0.3 is 0 Å². The molecule has 0 radical (unpaired) electrons. The lowest BCUT2D eigenvalue weighted by Crippen LogP contribution is -2.19. The van der Waals surface area contributed by atoms with Gasteiger partial charge in [-0.25, -0.2) is 12.8 Å². The molecule has 0 fully saturated rings. The number of thiocarbonyl (C=S) groups is 1. The van der Waals surface area contributed by atoms with Gasteiger partial charge in [-0.3, -0.25) is 0 Å². The lowest BCUT2D eigenvalue weighted by Gasteiger charge is -2.05. The third-order valence-electron chi connectivity index (χ3n) is 1.60. The second-order valence-corrected chi connectivity index (χ2v) is 5.33. The Balaban J connectivity index is 3.15. The van der Waals surface area contributed by atoms with Crippen LogP contribution in [0.15, 0.2) is 23.1 Å². The fourth-order valence-electron chi connectivity index (χ4n) is 1.02. The van der Waals surface area contributed by atoms with Crippen LogP contribution in [-0.4, -0.2) is 19.8 Å². The van der Waals surface area contributed by atoms with Crippen molar-refractivity contribution in [2.24, 2.45) is 5.73 Å². The normalized spacial score (nSPS) is 11.1. The van der Waals surface area contributed by atoms with Gasteiger partial charge in [-0.05, 0) is 30.4 Å². The molecule has 1 aromatic carbocycles. The maximum atomic E-state index is 13.3. The van der Waals surface area contributed by atoms with E-state index in [1.165, 1.54) is 6.07 Å². The molecule has 0 spiro atoms. The predicted octanol–water partition coefficient (Wildman–Crippen LogP) is 0.885. The molecule has 0 aliphatic rings. The van der Waals surface area contributed by atoms with Crippen molar-refractivity contribution in [1.82, 2.24) is 0 Å². The van der Waals surface area contributed by atoms with Crippen molar-refractivity contribution in [2.45, 2.75) is 4.90 Å². The Hall–Kier alpha value is -1.21. The van der Waals surface area contributed by atoms with Gasteiger partial charge in [0.2, 0.25) is 0 Å². The minimum Gasteiger partial charge on any atom is -0.376 e. The van der Waals surface area contributed by atoms with Gasteiger partial charge in [0.1, 0.15) is 10.7 Å². The molecule has 0 heterocycles. The molecule has 0 saturated heterocycles. The number of hydrogen-bond donors (Lipinski definition) is 2. The Bertz CT molecular complexity index is 499. The molecule has 4 nitrogen and oxygen atoms in total. The van der Waals surface area contributed by atoms with Crippen molar-refractivity contribution in [3.05, 3.63) is 24.0 Å². The molecule has 0 aromatic heterocycles. The summed E-state index contributed by atoms with van der Waals surface area (Å²) in [6, 6.07) is 3.57. The quantitative estimate of drug-likeness (QED) is 0.760. The van der Waals surface area contributed by atoms with Crippen LogP contribution in [0, 0.1) is 5.82 Å². The monoisotopic (exact) mass is 248 g/mol. The summed E-state index contributed by atoms with van der Waals surface area (Å²) in [4.78, 5) is -0.351. The van der Waals surface area contributed by atoms with Gasteiger partial charge in [-0.1, -0.05) is 0 Å². The highest BCUT2D eigenvalue weighted by Crippen LogP contribution is 2.18. The van der Waals surface area contributed by atoms with Crippen molar-refractivity contribution in [2.75, 3.05) is 11.6 Å². The zero-order valence-corrected chi connectivity index (χ0v) is 9.45. The van der Waals surface area contributed by atoms with E-state index in [1.807, 2.05) is 0 Å². The second kappa shape index (κ2) is 4.11. The molecule has 3 N–H and O–H groups in total. The zero-order chi connectivity index (χ0) is 11.6. The topological polar surface area (TPSA) is 72.2 Å². The summed E-state index contributed by atoms with van der Waals surface area (Å²) in [7, 11) is -3.55. The summed E-state index contributed by atoms with van der Waals surface area (Å²) < 4.78 is 35.4. The maximum Gasteiger partial charge on any atom is 0.178 e. The molecule has 0 amide bonds. The molecule has 0 unspecified atom stereocenters. The summed E-state index contributed by atoms with van der Waals surface area (Å²) in [5.74, 6) is -0.834. The summed E-state index contributed by atoms with van der Waals surface area (Å²) in [5, 5.41) is 2.49. The Labute approximate surface area is 92.2 Å². The van der Waals surface area contributed by atoms with Crippen LogP contribution >= 0.6 is 12.2 Å². The highest BCUT2D eigenvalue weighted by molar-refractivity contribution is 7.90. The van der Waals surface area contributed by atoms with E-state index in [2.05, 4.69) is 17.5 Å². The fraction of sp³-hybridized carbons (Fsp3) is 0.125. The van der Waals surface area contributed by atoms with Gasteiger partial charge in [0, 0.05) is 11.9 Å². The molecule has 0 atom stereocenters. The SMILES string of the molecule is CS(=O)(=O)c1ccc(NC(N)=S)cc1F. The van der Waals surface area contributed by atoms with Crippen LogP contribution in [0.1, 0.15) is 0 Å². The highest BCUT2D eigenvalue weighted by atomic mass is 32.2. The number of rotatable bonds is 2. The molecule has 0 saturated carbocycles. The maximum absolute atomic E-state index is 13.3. The summed E-state index contributed by atoms with van der Waals surface area (Å²) in [5.41, 5.74) is 5.49. The molecule has 82 valence electrons. The van der Waals surface area contributed by atoms with Gasteiger partial charge in [0.25, 0.3) is 0 Å². The van der Waals surface area contributed by atoms with E-state index < -0.39 is 15.7 Å². The average Bonchev–Trinajstić information content (AvgIpc) is 1.99. The lowest BCUT2D eigenvalue weighted by molar-refractivity contribution is 0.571. The summed E-state index contributed by atoms with van der Waals surface area (Å²) in [6.45, 7) is 0. The zero-order valence-electron chi connectivity index (χ0n) is 7.82. The minimum absolute atomic E-state index is 0.0125. The first-order chi connectivity index (χ1) is 6.80. The van der Waals surface area contributed by atoms with E-state index in [0.29, 0.717) is 5.69 Å². The van der Waals surface area contributed by atoms with E-state index in [9.17, 15) is 12.8 Å². The number of hydrogen-bond acceptors (Lipinski definition) is 3. The van der Waals surface area contributed by atoms with Crippen LogP contribution in [0.25, 0.3) is 0 Å². The minimum atomic E-state index is -3.55. The third-order valence-corrected chi connectivity index (χ3v) is 2.83. The van der Waals surface area contributed by atoms with E-state index in [0.717, 1.165) is 18.4 Å². The van der Waals surface area contributed by atoms with Gasteiger partial charge in [0.15, 0.2) is 14.9 Å². The number of nitrogens with one attached hydrogen (secondary N) is 1. The van der Waals surface area contributed by atoms with Crippen molar-refractivity contribution >= 4 is 32.9 Å². The predicted molar refractivity (Wildman–Crippen MR) is 59.9 cm³/mol. The first-order valence-corrected chi connectivity index (χ1v) is 6.17. The van der Waals surface area contributed by atoms with Crippen molar-refractivity contribution in [1.29, 1.82) is 0 Å². The molecule has 1 aromatic rings. The molecule has 1 rings (SSSR count). The van der Waals surface area contributed by atoms with Crippen LogP contribution in [0.2, 0.25) is 0 Å². The van der Waals surface area contributed by atoms with E-state index in [4.69, 9.17) is 5.73 Å². The molecule has 0 aliphatic heterocycles. The molecular weight excluding hydrogens is 239 g/mol. The fourth-order valence-corrected chi connectivity index (χ4v) is 1.87. The van der Waals surface area contributed by atoms with Gasteiger partial charge < -0.3 is 11.1 Å².